The first-order chi connectivity index (χ1) is 17.0. The molecule has 2 aromatic rings. The quantitative estimate of drug-likeness (QED) is 0.347. The number of methoxy groups -OCH3 is 2. The molecule has 0 spiro atoms. The van der Waals surface area contributed by atoms with Gasteiger partial charge in [0.15, 0.2) is 11.5 Å². The van der Waals surface area contributed by atoms with E-state index in [1.165, 1.54) is 44.2 Å². The van der Waals surface area contributed by atoms with Crippen molar-refractivity contribution >= 4 is 11.6 Å². The molecular weight excluding hydrogens is 448 g/mol. The summed E-state index contributed by atoms with van der Waals surface area (Å²) in [7, 11) is 3.21. The summed E-state index contributed by atoms with van der Waals surface area (Å²) in [5, 5.41) is 11.0. The van der Waals surface area contributed by atoms with E-state index in [-0.39, 0.29) is 24.2 Å². The summed E-state index contributed by atoms with van der Waals surface area (Å²) in [6.45, 7) is 0.857. The number of ether oxygens (including phenoxy) is 3. The number of nitrogens with zero attached hydrogens (tertiary/aromatic N) is 2. The molecule has 188 valence electrons. The lowest BCUT2D eigenvalue weighted by atomic mass is 9.85. The SMILES string of the molecule is COc1cc2c(cc1OC)[C@H](COc1ccc([N+](=O)[O-])cc1)N(C(=O)CCC1CCCCC1)CC2. The molecule has 2 aliphatic rings. The number of amides is 1. The van der Waals surface area contributed by atoms with Gasteiger partial charge in [0.2, 0.25) is 5.91 Å². The van der Waals surface area contributed by atoms with Gasteiger partial charge in [-0.2, -0.15) is 0 Å². The lowest BCUT2D eigenvalue weighted by molar-refractivity contribution is -0.384. The second kappa shape index (κ2) is 11.4. The highest BCUT2D eigenvalue weighted by atomic mass is 16.6. The van der Waals surface area contributed by atoms with Gasteiger partial charge in [-0.1, -0.05) is 32.1 Å². The maximum Gasteiger partial charge on any atom is 0.269 e. The highest BCUT2D eigenvalue weighted by molar-refractivity contribution is 5.77. The predicted molar refractivity (Wildman–Crippen MR) is 132 cm³/mol. The number of benzene rings is 2. The summed E-state index contributed by atoms with van der Waals surface area (Å²) in [5.41, 5.74) is 2.11. The number of carbonyl (C=O) groups excluding carboxylic acids is 1. The van der Waals surface area contributed by atoms with Gasteiger partial charge in [0.1, 0.15) is 12.4 Å². The van der Waals surface area contributed by atoms with Crippen LogP contribution in [0.5, 0.6) is 17.2 Å². The smallest absolute Gasteiger partial charge is 0.269 e. The molecule has 8 nitrogen and oxygen atoms in total. The zero-order chi connectivity index (χ0) is 24.8. The van der Waals surface area contributed by atoms with Crippen LogP contribution in [-0.2, 0) is 11.2 Å². The number of nitro groups is 1. The summed E-state index contributed by atoms with van der Waals surface area (Å²) in [6.07, 6.45) is 8.50. The fourth-order valence-corrected chi connectivity index (χ4v) is 5.29. The number of carbonyl (C=O) groups is 1. The zero-order valence-electron chi connectivity index (χ0n) is 20.5. The molecule has 1 atom stereocenters. The van der Waals surface area contributed by atoms with Crippen molar-refractivity contribution in [2.24, 2.45) is 5.92 Å². The second-order valence-corrected chi connectivity index (χ2v) is 9.36. The Labute approximate surface area is 206 Å². The average molecular weight is 483 g/mol. The van der Waals surface area contributed by atoms with Crippen molar-refractivity contribution in [3.63, 3.8) is 0 Å². The van der Waals surface area contributed by atoms with E-state index in [0.29, 0.717) is 36.1 Å². The van der Waals surface area contributed by atoms with E-state index < -0.39 is 4.92 Å². The molecule has 1 heterocycles. The number of nitro benzene ring substituents is 1. The third-order valence-corrected chi connectivity index (χ3v) is 7.27. The maximum atomic E-state index is 13.4. The Morgan fingerprint density at radius 1 is 1.06 bits per heavy atom. The molecule has 1 aliphatic carbocycles. The highest BCUT2D eigenvalue weighted by Crippen LogP contribution is 2.39. The largest absolute Gasteiger partial charge is 0.493 e. The van der Waals surface area contributed by atoms with Gasteiger partial charge in [0.05, 0.1) is 25.2 Å². The van der Waals surface area contributed by atoms with E-state index >= 15 is 0 Å². The Bertz CT molecular complexity index is 1030. The monoisotopic (exact) mass is 482 g/mol. The van der Waals surface area contributed by atoms with E-state index in [4.69, 9.17) is 14.2 Å². The molecule has 1 fully saturated rings. The van der Waals surface area contributed by atoms with Gasteiger partial charge < -0.3 is 19.1 Å². The molecule has 0 radical (unpaired) electrons. The standard InChI is InChI=1S/C27H34N2O6/c1-33-25-16-20-14-15-28(27(30)13-8-19-6-4-3-5-7-19)24(23(20)17-26(25)34-2)18-35-22-11-9-21(10-12-22)29(31)32/h9-12,16-17,19,24H,3-8,13-15,18H2,1-2H3/t24-/m0/s1. The molecule has 0 unspecified atom stereocenters. The van der Waals surface area contributed by atoms with Gasteiger partial charge in [0, 0.05) is 25.1 Å². The van der Waals surface area contributed by atoms with Crippen LogP contribution in [0.15, 0.2) is 36.4 Å². The molecule has 35 heavy (non-hydrogen) atoms. The molecule has 1 aliphatic heterocycles. The summed E-state index contributed by atoms with van der Waals surface area (Å²) in [6, 6.07) is 9.66. The molecule has 0 aromatic heterocycles. The molecule has 1 amide bonds. The van der Waals surface area contributed by atoms with Gasteiger partial charge >= 0.3 is 0 Å². The number of rotatable bonds is 9. The van der Waals surface area contributed by atoms with Gasteiger partial charge in [-0.3, -0.25) is 14.9 Å². The predicted octanol–water partition coefficient (Wildman–Crippen LogP) is 5.48. The topological polar surface area (TPSA) is 91.1 Å². The van der Waals surface area contributed by atoms with Crippen LogP contribution in [0.4, 0.5) is 5.69 Å². The molecule has 0 bridgehead atoms. The third kappa shape index (κ3) is 5.86. The van der Waals surface area contributed by atoms with Crippen molar-refractivity contribution < 1.29 is 23.9 Å². The van der Waals surface area contributed by atoms with Crippen LogP contribution >= 0.6 is 0 Å². The van der Waals surface area contributed by atoms with E-state index in [1.807, 2.05) is 17.0 Å². The van der Waals surface area contributed by atoms with Crippen molar-refractivity contribution in [1.82, 2.24) is 4.90 Å². The Balaban J connectivity index is 1.55. The number of non-ortho nitro benzene ring substituents is 1. The molecular formula is C27H34N2O6. The first-order valence-corrected chi connectivity index (χ1v) is 12.4. The van der Waals surface area contributed by atoms with Gasteiger partial charge in [-0.25, -0.2) is 0 Å². The highest BCUT2D eigenvalue weighted by Gasteiger charge is 2.33. The molecule has 1 saturated carbocycles. The Kier molecular flexibility index (Phi) is 8.10. The van der Waals surface area contributed by atoms with Crippen LogP contribution in [0.25, 0.3) is 0 Å². The summed E-state index contributed by atoms with van der Waals surface area (Å²) in [5.74, 6) is 2.59. The molecule has 0 N–H and O–H groups in total. The van der Waals surface area contributed by atoms with Crippen molar-refractivity contribution in [3.05, 3.63) is 57.6 Å². The van der Waals surface area contributed by atoms with Crippen molar-refractivity contribution in [3.8, 4) is 17.2 Å². The van der Waals surface area contributed by atoms with E-state index in [9.17, 15) is 14.9 Å². The summed E-state index contributed by atoms with van der Waals surface area (Å²) in [4.78, 5) is 25.9. The van der Waals surface area contributed by atoms with Crippen LogP contribution < -0.4 is 14.2 Å². The van der Waals surface area contributed by atoms with Crippen LogP contribution in [0.1, 0.15) is 62.1 Å². The van der Waals surface area contributed by atoms with Crippen LogP contribution in [0.2, 0.25) is 0 Å². The summed E-state index contributed by atoms with van der Waals surface area (Å²) < 4.78 is 17.1. The fraction of sp³-hybridized carbons (Fsp3) is 0.519. The lowest BCUT2D eigenvalue weighted by Gasteiger charge is -2.38. The Hall–Kier alpha value is -3.29. The molecule has 4 rings (SSSR count). The fourth-order valence-electron chi connectivity index (χ4n) is 5.29. The van der Waals surface area contributed by atoms with E-state index in [1.54, 1.807) is 26.4 Å². The third-order valence-electron chi connectivity index (χ3n) is 7.27. The average Bonchev–Trinajstić information content (AvgIpc) is 2.90. The van der Waals surface area contributed by atoms with Gasteiger partial charge in [-0.15, -0.1) is 0 Å². The Morgan fingerprint density at radius 2 is 1.74 bits per heavy atom. The van der Waals surface area contributed by atoms with Crippen LogP contribution in [0, 0.1) is 16.0 Å². The van der Waals surface area contributed by atoms with E-state index in [2.05, 4.69) is 0 Å². The van der Waals surface area contributed by atoms with E-state index in [0.717, 1.165) is 24.0 Å². The molecule has 0 saturated heterocycles. The lowest BCUT2D eigenvalue weighted by Crippen LogP contribution is -2.42. The van der Waals surface area contributed by atoms with Crippen molar-refractivity contribution in [2.45, 2.75) is 57.4 Å². The first-order valence-electron chi connectivity index (χ1n) is 12.4. The maximum absolute atomic E-state index is 13.4. The van der Waals surface area contributed by atoms with Crippen LogP contribution in [-0.4, -0.2) is 43.1 Å². The minimum atomic E-state index is -0.437. The normalized spacial score (nSPS) is 18.0. The number of hydrogen-bond acceptors (Lipinski definition) is 6. The van der Waals surface area contributed by atoms with Crippen LogP contribution in [0.3, 0.4) is 0 Å². The van der Waals surface area contributed by atoms with Crippen molar-refractivity contribution in [1.29, 1.82) is 0 Å². The minimum absolute atomic E-state index is 0.0108. The second-order valence-electron chi connectivity index (χ2n) is 9.36. The van der Waals surface area contributed by atoms with Gasteiger partial charge in [0.25, 0.3) is 5.69 Å². The number of fused-ring (bicyclic) bond motifs is 1. The molecule has 8 heteroatoms. The number of hydrogen-bond donors (Lipinski definition) is 0. The van der Waals surface area contributed by atoms with Gasteiger partial charge in [-0.05, 0) is 54.2 Å². The Morgan fingerprint density at radius 3 is 2.40 bits per heavy atom. The zero-order valence-corrected chi connectivity index (χ0v) is 20.5. The summed E-state index contributed by atoms with van der Waals surface area (Å²) >= 11 is 0. The first kappa shape index (κ1) is 24.8. The minimum Gasteiger partial charge on any atom is -0.493 e. The molecule has 2 aromatic carbocycles. The van der Waals surface area contributed by atoms with Crippen molar-refractivity contribution in [2.75, 3.05) is 27.4 Å².